The number of ether oxygens (including phenoxy) is 2. The molecule has 3 aliphatic rings. The minimum Gasteiger partial charge on any atom is -0.462 e. The van der Waals surface area contributed by atoms with Gasteiger partial charge in [-0.25, -0.2) is 0 Å². The van der Waals surface area contributed by atoms with Crippen LogP contribution in [0.25, 0.3) is 0 Å². The van der Waals surface area contributed by atoms with Gasteiger partial charge in [-0.05, 0) is 53.4 Å². The monoisotopic (exact) mass is 360 g/mol. The van der Waals surface area contributed by atoms with Crippen molar-refractivity contribution in [2.24, 2.45) is 23.7 Å². The second-order valence-corrected chi connectivity index (χ2v) is 8.74. The van der Waals surface area contributed by atoms with Gasteiger partial charge in [-0.3, -0.25) is 9.59 Å². The Balaban J connectivity index is 2.04. The van der Waals surface area contributed by atoms with Crippen molar-refractivity contribution in [2.75, 3.05) is 0 Å². The van der Waals surface area contributed by atoms with E-state index < -0.39 is 0 Å². The molecule has 26 heavy (non-hydrogen) atoms. The first-order valence-corrected chi connectivity index (χ1v) is 9.84. The molecule has 0 aromatic carbocycles. The average molecular weight is 360 g/mol. The Kier molecular flexibility index (Phi) is 5.32. The topological polar surface area (TPSA) is 52.6 Å². The first-order chi connectivity index (χ1) is 12.2. The van der Waals surface area contributed by atoms with Crippen LogP contribution in [-0.2, 0) is 19.1 Å². The standard InChI is InChI=1S/C22H32O4/c1-11-7-17-18(8-12(11)2)22(26-16(6)24)20-10-14(4)13(3)9-19(20)21(17)25-15(5)23/h17-22H,7-10H2,1-6H3/t17-,18-,19+,20+,21?,22?. The van der Waals surface area contributed by atoms with Gasteiger partial charge in [0.25, 0.3) is 0 Å². The fourth-order valence-corrected chi connectivity index (χ4v) is 5.52. The zero-order valence-electron chi connectivity index (χ0n) is 16.9. The number of fused-ring (bicyclic) bond motifs is 2. The smallest absolute Gasteiger partial charge is 0.302 e. The van der Waals surface area contributed by atoms with Crippen LogP contribution in [0, 0.1) is 23.7 Å². The van der Waals surface area contributed by atoms with Gasteiger partial charge in [0, 0.05) is 37.5 Å². The van der Waals surface area contributed by atoms with Crippen molar-refractivity contribution in [3.8, 4) is 0 Å². The molecule has 2 unspecified atom stereocenters. The van der Waals surface area contributed by atoms with E-state index in [2.05, 4.69) is 27.7 Å². The summed E-state index contributed by atoms with van der Waals surface area (Å²) in [7, 11) is 0. The molecule has 0 bridgehead atoms. The molecule has 1 saturated carbocycles. The van der Waals surface area contributed by atoms with Gasteiger partial charge in [0.15, 0.2) is 0 Å². The maximum Gasteiger partial charge on any atom is 0.302 e. The predicted octanol–water partition coefficient (Wildman–Crippen LogP) is 4.59. The van der Waals surface area contributed by atoms with E-state index in [1.54, 1.807) is 0 Å². The summed E-state index contributed by atoms with van der Waals surface area (Å²) in [6, 6.07) is 0. The minimum atomic E-state index is -0.203. The van der Waals surface area contributed by atoms with Gasteiger partial charge in [0.1, 0.15) is 12.2 Å². The van der Waals surface area contributed by atoms with E-state index in [9.17, 15) is 9.59 Å². The van der Waals surface area contributed by atoms with Crippen LogP contribution < -0.4 is 0 Å². The summed E-state index contributed by atoms with van der Waals surface area (Å²) in [4.78, 5) is 23.8. The van der Waals surface area contributed by atoms with Gasteiger partial charge >= 0.3 is 11.9 Å². The van der Waals surface area contributed by atoms with Gasteiger partial charge in [-0.15, -0.1) is 0 Å². The lowest BCUT2D eigenvalue weighted by atomic mass is 9.56. The molecule has 0 aliphatic heterocycles. The highest BCUT2D eigenvalue weighted by Gasteiger charge is 2.55. The SMILES string of the molecule is CC(=O)OC1[C@H]2CC(C)=C(C)C[C@@H]2C(OC(C)=O)[C@@H]2CC(C)=C(C)C[C@@H]12. The molecule has 4 nitrogen and oxygen atoms in total. The molecule has 4 heteroatoms. The molecule has 144 valence electrons. The Morgan fingerprint density at radius 1 is 0.615 bits per heavy atom. The summed E-state index contributed by atoms with van der Waals surface area (Å²) >= 11 is 0. The number of carbonyl (C=O) groups excluding carboxylic acids is 2. The van der Waals surface area contributed by atoms with Crippen molar-refractivity contribution in [2.45, 2.75) is 79.4 Å². The summed E-state index contributed by atoms with van der Waals surface area (Å²) < 4.78 is 11.9. The Hall–Kier alpha value is -1.58. The lowest BCUT2D eigenvalue weighted by Gasteiger charge is -2.54. The zero-order chi connectivity index (χ0) is 19.2. The molecule has 3 rings (SSSR count). The highest BCUT2D eigenvalue weighted by molar-refractivity contribution is 5.67. The lowest BCUT2D eigenvalue weighted by Crippen LogP contribution is -2.56. The van der Waals surface area contributed by atoms with Crippen molar-refractivity contribution < 1.29 is 19.1 Å². The fourth-order valence-electron chi connectivity index (χ4n) is 5.52. The van der Waals surface area contributed by atoms with Gasteiger partial charge in [0.05, 0.1) is 0 Å². The maximum atomic E-state index is 11.9. The Morgan fingerprint density at radius 3 is 1.04 bits per heavy atom. The highest BCUT2D eigenvalue weighted by atomic mass is 16.6. The van der Waals surface area contributed by atoms with Crippen molar-refractivity contribution in [3.05, 3.63) is 22.3 Å². The van der Waals surface area contributed by atoms with E-state index in [0.29, 0.717) is 0 Å². The Bertz CT molecular complexity index is 574. The Labute approximate surface area is 157 Å². The van der Waals surface area contributed by atoms with Crippen molar-refractivity contribution in [3.63, 3.8) is 0 Å². The molecule has 0 amide bonds. The summed E-state index contributed by atoms with van der Waals surface area (Å²) in [5.41, 5.74) is 5.57. The normalized spacial score (nSPS) is 37.0. The van der Waals surface area contributed by atoms with Gasteiger partial charge in [0.2, 0.25) is 0 Å². The largest absolute Gasteiger partial charge is 0.462 e. The predicted molar refractivity (Wildman–Crippen MR) is 100 cm³/mol. The molecule has 0 N–H and O–H groups in total. The Morgan fingerprint density at radius 2 is 0.846 bits per heavy atom. The zero-order valence-corrected chi connectivity index (χ0v) is 16.9. The summed E-state index contributed by atoms with van der Waals surface area (Å²) in [5.74, 6) is 0.537. The molecule has 0 radical (unpaired) electrons. The summed E-state index contributed by atoms with van der Waals surface area (Å²) in [6.45, 7) is 11.7. The molecule has 0 saturated heterocycles. The van der Waals surface area contributed by atoms with Crippen LogP contribution in [0.4, 0.5) is 0 Å². The molecular weight excluding hydrogens is 328 g/mol. The molecule has 0 spiro atoms. The highest BCUT2D eigenvalue weighted by Crippen LogP contribution is 2.54. The van der Waals surface area contributed by atoms with Crippen LogP contribution >= 0.6 is 0 Å². The van der Waals surface area contributed by atoms with Crippen molar-refractivity contribution in [1.82, 2.24) is 0 Å². The molecule has 1 fully saturated rings. The van der Waals surface area contributed by atoms with Crippen LogP contribution in [-0.4, -0.2) is 24.1 Å². The average Bonchev–Trinajstić information content (AvgIpc) is 2.54. The third kappa shape index (κ3) is 3.47. The number of hydrogen-bond donors (Lipinski definition) is 0. The molecule has 0 aromatic heterocycles. The number of esters is 2. The second kappa shape index (κ2) is 7.21. The van der Waals surface area contributed by atoms with Crippen LogP contribution in [0.3, 0.4) is 0 Å². The lowest BCUT2D eigenvalue weighted by molar-refractivity contribution is -0.187. The molecule has 0 aromatic rings. The summed E-state index contributed by atoms with van der Waals surface area (Å²) in [6.07, 6.45) is 3.55. The van der Waals surface area contributed by atoms with Crippen LogP contribution in [0.2, 0.25) is 0 Å². The quantitative estimate of drug-likeness (QED) is 0.534. The van der Waals surface area contributed by atoms with Gasteiger partial charge < -0.3 is 9.47 Å². The first kappa shape index (κ1) is 19.2. The van der Waals surface area contributed by atoms with E-state index in [0.717, 1.165) is 25.7 Å². The minimum absolute atomic E-state index is 0.0830. The molecule has 3 aliphatic carbocycles. The van der Waals surface area contributed by atoms with Crippen LogP contribution in [0.1, 0.15) is 67.2 Å². The van der Waals surface area contributed by atoms with E-state index in [-0.39, 0.29) is 47.8 Å². The third-order valence-corrected chi connectivity index (χ3v) is 7.02. The van der Waals surface area contributed by atoms with Gasteiger partial charge in [-0.2, -0.15) is 0 Å². The number of carbonyl (C=O) groups is 2. The fraction of sp³-hybridized carbons (Fsp3) is 0.727. The van der Waals surface area contributed by atoms with Crippen molar-refractivity contribution in [1.29, 1.82) is 0 Å². The van der Waals surface area contributed by atoms with Crippen LogP contribution in [0.15, 0.2) is 22.3 Å². The first-order valence-electron chi connectivity index (χ1n) is 9.84. The maximum absolute atomic E-state index is 11.9. The molecule has 0 heterocycles. The second-order valence-electron chi connectivity index (χ2n) is 8.74. The molecular formula is C22H32O4. The van der Waals surface area contributed by atoms with E-state index >= 15 is 0 Å². The van der Waals surface area contributed by atoms with E-state index in [1.807, 2.05) is 0 Å². The van der Waals surface area contributed by atoms with E-state index in [4.69, 9.17) is 9.47 Å². The van der Waals surface area contributed by atoms with E-state index in [1.165, 1.54) is 36.1 Å². The van der Waals surface area contributed by atoms with Crippen LogP contribution in [0.5, 0.6) is 0 Å². The number of allylic oxidation sites excluding steroid dienone is 4. The van der Waals surface area contributed by atoms with Crippen molar-refractivity contribution >= 4 is 11.9 Å². The number of hydrogen-bond acceptors (Lipinski definition) is 4. The summed E-state index contributed by atoms with van der Waals surface area (Å²) in [5, 5.41) is 0. The van der Waals surface area contributed by atoms with Gasteiger partial charge in [-0.1, -0.05) is 22.3 Å². The number of rotatable bonds is 2. The third-order valence-electron chi connectivity index (χ3n) is 7.02. The molecule has 6 atom stereocenters.